The number of hydrogen-bond acceptors (Lipinski definition) is 3. The van der Waals surface area contributed by atoms with E-state index < -0.39 is 0 Å². The van der Waals surface area contributed by atoms with Crippen molar-refractivity contribution in [1.29, 1.82) is 0 Å². The van der Waals surface area contributed by atoms with Crippen LogP contribution in [0.1, 0.15) is 50.4 Å². The van der Waals surface area contributed by atoms with Crippen molar-refractivity contribution in [3.05, 3.63) is 22.4 Å². The van der Waals surface area contributed by atoms with Crippen molar-refractivity contribution in [3.8, 4) is 0 Å². The maximum atomic E-state index is 11.9. The number of thiophene rings is 1. The van der Waals surface area contributed by atoms with Crippen molar-refractivity contribution in [1.82, 2.24) is 5.43 Å². The van der Waals surface area contributed by atoms with Gasteiger partial charge >= 0.3 is 0 Å². The molecular formula is C15H20N2OS. The molecule has 4 heteroatoms. The van der Waals surface area contributed by atoms with Crippen molar-refractivity contribution in [2.75, 3.05) is 0 Å². The molecule has 1 heterocycles. The zero-order valence-electron chi connectivity index (χ0n) is 11.7. The van der Waals surface area contributed by atoms with Gasteiger partial charge in [-0.1, -0.05) is 20.8 Å². The summed E-state index contributed by atoms with van der Waals surface area (Å²) in [6, 6.07) is 1.83. The lowest BCUT2D eigenvalue weighted by atomic mass is 9.70. The van der Waals surface area contributed by atoms with Crippen molar-refractivity contribution in [3.63, 3.8) is 0 Å². The predicted molar refractivity (Wildman–Crippen MR) is 78.4 cm³/mol. The number of amides is 1. The Bertz CT molecular complexity index is 532. The minimum absolute atomic E-state index is 0.0991. The molecule has 1 aromatic rings. The van der Waals surface area contributed by atoms with Crippen LogP contribution in [0.4, 0.5) is 0 Å². The molecule has 19 heavy (non-hydrogen) atoms. The van der Waals surface area contributed by atoms with E-state index >= 15 is 0 Å². The van der Waals surface area contributed by atoms with Gasteiger partial charge in [0.1, 0.15) is 0 Å². The summed E-state index contributed by atoms with van der Waals surface area (Å²) in [5.74, 6) is 0.618. The van der Waals surface area contributed by atoms with Crippen LogP contribution in [0.15, 0.2) is 21.9 Å². The molecule has 2 aliphatic carbocycles. The van der Waals surface area contributed by atoms with E-state index in [4.69, 9.17) is 0 Å². The fraction of sp³-hybridized carbons (Fsp3) is 0.600. The summed E-state index contributed by atoms with van der Waals surface area (Å²) in [6.45, 7) is 6.98. The molecule has 0 saturated heterocycles. The topological polar surface area (TPSA) is 41.5 Å². The van der Waals surface area contributed by atoms with Gasteiger partial charge in [0.2, 0.25) is 0 Å². The van der Waals surface area contributed by atoms with Crippen LogP contribution in [-0.4, -0.2) is 11.6 Å². The number of hydrazone groups is 1. The first-order chi connectivity index (χ1) is 8.95. The Hall–Kier alpha value is -1.16. The molecule has 1 aromatic heterocycles. The van der Waals surface area contributed by atoms with E-state index in [0.717, 1.165) is 6.42 Å². The highest BCUT2D eigenvalue weighted by Crippen LogP contribution is 2.63. The molecule has 2 fully saturated rings. The fourth-order valence-corrected chi connectivity index (χ4v) is 4.31. The molecule has 3 rings (SSSR count). The largest absolute Gasteiger partial charge is 0.272 e. The molecule has 3 nitrogen and oxygen atoms in total. The molecule has 2 aliphatic rings. The summed E-state index contributed by atoms with van der Waals surface area (Å²) in [6.07, 6.45) is 3.52. The predicted octanol–water partition coefficient (Wildman–Crippen LogP) is 3.68. The number of carbonyl (C=O) groups is 1. The molecule has 0 aliphatic heterocycles. The van der Waals surface area contributed by atoms with Crippen molar-refractivity contribution < 1.29 is 4.79 Å². The molecular weight excluding hydrogens is 256 g/mol. The minimum atomic E-state index is -0.0991. The normalized spacial score (nSPS) is 33.8. The molecule has 0 aromatic carbocycles. The average molecular weight is 276 g/mol. The summed E-state index contributed by atoms with van der Waals surface area (Å²) in [4.78, 5) is 11.9. The zero-order chi connectivity index (χ0) is 13.7. The highest BCUT2D eigenvalue weighted by atomic mass is 32.1. The molecule has 0 unspecified atom stereocenters. The number of nitrogens with one attached hydrogen (secondary N) is 1. The van der Waals surface area contributed by atoms with Gasteiger partial charge in [0.05, 0.1) is 5.56 Å². The van der Waals surface area contributed by atoms with Gasteiger partial charge in [-0.2, -0.15) is 16.4 Å². The van der Waals surface area contributed by atoms with E-state index in [0.29, 0.717) is 16.9 Å². The van der Waals surface area contributed by atoms with Crippen molar-refractivity contribution in [2.45, 2.75) is 40.0 Å². The Kier molecular flexibility index (Phi) is 2.82. The van der Waals surface area contributed by atoms with Crippen molar-refractivity contribution >= 4 is 23.0 Å². The third kappa shape index (κ3) is 1.76. The molecule has 2 saturated carbocycles. The Balaban J connectivity index is 1.78. The number of carbonyl (C=O) groups excluding carboxylic acids is 1. The Morgan fingerprint density at radius 1 is 1.47 bits per heavy atom. The quantitative estimate of drug-likeness (QED) is 0.823. The van der Waals surface area contributed by atoms with Crippen LogP contribution in [0.25, 0.3) is 0 Å². The highest BCUT2D eigenvalue weighted by molar-refractivity contribution is 7.08. The van der Waals surface area contributed by atoms with E-state index in [1.807, 2.05) is 16.8 Å². The van der Waals surface area contributed by atoms with E-state index in [1.54, 1.807) is 0 Å². The number of fused-ring (bicyclic) bond motifs is 2. The summed E-state index contributed by atoms with van der Waals surface area (Å²) >= 11 is 1.53. The molecule has 1 amide bonds. The Morgan fingerprint density at radius 3 is 2.79 bits per heavy atom. The second kappa shape index (κ2) is 4.17. The summed E-state index contributed by atoms with van der Waals surface area (Å²) in [5, 5.41) is 8.21. The van der Waals surface area contributed by atoms with Crippen LogP contribution < -0.4 is 5.43 Å². The van der Waals surface area contributed by atoms with Crippen LogP contribution in [0, 0.1) is 16.7 Å². The van der Waals surface area contributed by atoms with E-state index in [9.17, 15) is 4.79 Å². The van der Waals surface area contributed by atoms with Crippen LogP contribution in [-0.2, 0) is 0 Å². The summed E-state index contributed by atoms with van der Waals surface area (Å²) in [7, 11) is 0. The Morgan fingerprint density at radius 2 is 2.26 bits per heavy atom. The van der Waals surface area contributed by atoms with Gasteiger partial charge in [-0.3, -0.25) is 4.79 Å². The number of nitrogens with zero attached hydrogens (tertiary/aromatic N) is 1. The van der Waals surface area contributed by atoms with Gasteiger partial charge in [-0.05, 0) is 42.0 Å². The van der Waals surface area contributed by atoms with E-state index in [2.05, 4.69) is 31.3 Å². The fourth-order valence-electron chi connectivity index (χ4n) is 3.67. The zero-order valence-corrected chi connectivity index (χ0v) is 12.5. The van der Waals surface area contributed by atoms with Crippen LogP contribution in [0.3, 0.4) is 0 Å². The van der Waals surface area contributed by atoms with Crippen LogP contribution in [0.5, 0.6) is 0 Å². The third-order valence-corrected chi connectivity index (χ3v) is 6.27. The Labute approximate surface area is 118 Å². The molecule has 0 radical (unpaired) electrons. The first-order valence-corrected chi connectivity index (χ1v) is 7.79. The van der Waals surface area contributed by atoms with Gasteiger partial charge in [0.25, 0.3) is 5.91 Å². The number of rotatable bonds is 2. The smallest absolute Gasteiger partial charge is 0.267 e. The SMILES string of the molecule is CC1(C)[C@@H]2CC[C@]1(C)/C(=N/NC(=O)c1ccsc1)C2. The summed E-state index contributed by atoms with van der Waals surface area (Å²) < 4.78 is 0. The first-order valence-electron chi connectivity index (χ1n) is 6.85. The second-order valence-electron chi connectivity index (χ2n) is 6.50. The number of hydrogen-bond donors (Lipinski definition) is 1. The van der Waals surface area contributed by atoms with Gasteiger partial charge in [0.15, 0.2) is 0 Å². The second-order valence-corrected chi connectivity index (χ2v) is 7.29. The average Bonchev–Trinajstić information content (AvgIpc) is 3.01. The highest BCUT2D eigenvalue weighted by Gasteiger charge is 2.59. The van der Waals surface area contributed by atoms with E-state index in [-0.39, 0.29) is 11.3 Å². The molecule has 2 atom stereocenters. The molecule has 2 bridgehead atoms. The van der Waals surface area contributed by atoms with Gasteiger partial charge in [0, 0.05) is 16.5 Å². The lowest BCUT2D eigenvalue weighted by molar-refractivity contribution is 0.0954. The molecule has 0 spiro atoms. The monoisotopic (exact) mass is 276 g/mol. The van der Waals surface area contributed by atoms with Gasteiger partial charge < -0.3 is 0 Å². The molecule has 102 valence electrons. The lowest BCUT2D eigenvalue weighted by Gasteiger charge is -2.34. The van der Waals surface area contributed by atoms with Crippen LogP contribution >= 0.6 is 11.3 Å². The molecule has 1 N–H and O–H groups in total. The van der Waals surface area contributed by atoms with Crippen molar-refractivity contribution in [2.24, 2.45) is 21.8 Å². The van der Waals surface area contributed by atoms with Gasteiger partial charge in [-0.25, -0.2) is 5.43 Å². The van der Waals surface area contributed by atoms with E-state index in [1.165, 1.54) is 29.9 Å². The third-order valence-electron chi connectivity index (χ3n) is 5.59. The maximum absolute atomic E-state index is 11.9. The minimum Gasteiger partial charge on any atom is -0.267 e. The van der Waals surface area contributed by atoms with Gasteiger partial charge in [-0.15, -0.1) is 0 Å². The maximum Gasteiger partial charge on any atom is 0.272 e. The standard InChI is InChI=1S/C15H20N2OS/c1-14(2)11-4-6-15(14,3)12(8-11)16-17-13(18)10-5-7-19-9-10/h5,7,9,11H,4,6,8H2,1-3H3,(H,17,18)/b16-12+/t11-,15-/m1/s1. The summed E-state index contributed by atoms with van der Waals surface area (Å²) in [5.41, 5.74) is 5.06. The first kappa shape index (κ1) is 12.9. The van der Waals surface area contributed by atoms with Crippen LogP contribution in [0.2, 0.25) is 0 Å². The lowest BCUT2D eigenvalue weighted by Crippen LogP contribution is -2.34.